The molecule has 1 aromatic rings. The zero-order valence-corrected chi connectivity index (χ0v) is 12.0. The molecule has 7 nitrogen and oxygen atoms in total. The lowest BCUT2D eigenvalue weighted by Crippen LogP contribution is -2.31. The fourth-order valence-electron chi connectivity index (χ4n) is 2.46. The minimum Gasteiger partial charge on any atom is -0.379 e. The Kier molecular flexibility index (Phi) is 5.10. The summed E-state index contributed by atoms with van der Waals surface area (Å²) in [7, 11) is 1.50. The molecule has 21 heavy (non-hydrogen) atoms. The lowest BCUT2D eigenvalue weighted by atomic mass is 9.98. The summed E-state index contributed by atoms with van der Waals surface area (Å²) in [5.74, 6) is 0.187. The number of carbonyl (C=O) groups excluding carboxylic acids is 1. The van der Waals surface area contributed by atoms with Gasteiger partial charge in [-0.15, -0.1) is 0 Å². The van der Waals surface area contributed by atoms with Crippen LogP contribution < -0.4 is 16.0 Å². The summed E-state index contributed by atoms with van der Waals surface area (Å²) in [5, 5.41) is 20.1. The second kappa shape index (κ2) is 7.03. The molecular weight excluding hydrogens is 272 g/mol. The van der Waals surface area contributed by atoms with E-state index in [-0.39, 0.29) is 17.2 Å². The number of hydrogen-bond donors (Lipinski definition) is 3. The molecule has 1 heterocycles. The molecule has 2 rings (SSSR count). The fraction of sp³-hybridized carbons (Fsp3) is 0.500. The van der Waals surface area contributed by atoms with Crippen molar-refractivity contribution in [2.24, 2.45) is 5.92 Å². The van der Waals surface area contributed by atoms with E-state index in [0.717, 1.165) is 25.9 Å². The van der Waals surface area contributed by atoms with E-state index >= 15 is 0 Å². The normalized spacial score (nSPS) is 15.5. The van der Waals surface area contributed by atoms with Crippen molar-refractivity contribution in [1.82, 2.24) is 10.6 Å². The number of nitrogens with zero attached hydrogens (tertiary/aromatic N) is 1. The van der Waals surface area contributed by atoms with Gasteiger partial charge in [0.1, 0.15) is 5.69 Å². The van der Waals surface area contributed by atoms with Crippen molar-refractivity contribution in [3.63, 3.8) is 0 Å². The van der Waals surface area contributed by atoms with Crippen LogP contribution in [-0.4, -0.2) is 37.5 Å². The van der Waals surface area contributed by atoms with E-state index in [9.17, 15) is 14.9 Å². The smallest absolute Gasteiger partial charge is 0.293 e. The molecule has 0 aliphatic carbocycles. The molecule has 3 N–H and O–H groups in total. The monoisotopic (exact) mass is 292 g/mol. The number of hydrogen-bond acceptors (Lipinski definition) is 5. The van der Waals surface area contributed by atoms with Gasteiger partial charge in [0.05, 0.1) is 4.92 Å². The summed E-state index contributed by atoms with van der Waals surface area (Å²) in [6, 6.07) is 4.50. The average molecular weight is 292 g/mol. The number of carbonyl (C=O) groups is 1. The van der Waals surface area contributed by atoms with Crippen LogP contribution in [0.15, 0.2) is 18.2 Å². The molecule has 1 aliphatic rings. The second-order valence-corrected chi connectivity index (χ2v) is 5.14. The first-order valence-electron chi connectivity index (χ1n) is 7.07. The summed E-state index contributed by atoms with van der Waals surface area (Å²) >= 11 is 0. The maximum absolute atomic E-state index is 11.5. The molecule has 7 heteroatoms. The van der Waals surface area contributed by atoms with Gasteiger partial charge in [-0.1, -0.05) is 0 Å². The molecule has 0 radical (unpaired) electrons. The van der Waals surface area contributed by atoms with Gasteiger partial charge < -0.3 is 16.0 Å². The summed E-state index contributed by atoms with van der Waals surface area (Å²) in [4.78, 5) is 22.2. The Hall–Kier alpha value is -2.15. The molecule has 0 spiro atoms. The highest BCUT2D eigenvalue weighted by molar-refractivity contribution is 5.95. The van der Waals surface area contributed by atoms with Crippen LogP contribution in [0.5, 0.6) is 0 Å². The van der Waals surface area contributed by atoms with Gasteiger partial charge in [-0.25, -0.2) is 0 Å². The standard InChI is InChI=1S/C14H20N4O3/c1-15-14(19)11-2-3-12(13(8-11)18(20)21)17-9-10-4-6-16-7-5-10/h2-3,8,10,16-17H,4-7,9H2,1H3,(H,15,19). The largest absolute Gasteiger partial charge is 0.379 e. The number of amides is 1. The summed E-state index contributed by atoms with van der Waals surface area (Å²) < 4.78 is 0. The Balaban J connectivity index is 2.10. The molecule has 1 aliphatic heterocycles. The van der Waals surface area contributed by atoms with Crippen LogP contribution in [0, 0.1) is 16.0 Å². The van der Waals surface area contributed by atoms with Crippen LogP contribution in [0.3, 0.4) is 0 Å². The molecule has 0 atom stereocenters. The predicted molar refractivity (Wildman–Crippen MR) is 80.6 cm³/mol. The van der Waals surface area contributed by atoms with Crippen LogP contribution in [0.25, 0.3) is 0 Å². The number of benzene rings is 1. The summed E-state index contributed by atoms with van der Waals surface area (Å²) in [6.45, 7) is 2.69. The number of anilines is 1. The van der Waals surface area contributed by atoms with Crippen molar-refractivity contribution in [3.05, 3.63) is 33.9 Å². The van der Waals surface area contributed by atoms with Crippen LogP contribution in [-0.2, 0) is 0 Å². The lowest BCUT2D eigenvalue weighted by molar-refractivity contribution is -0.384. The third-order valence-corrected chi connectivity index (χ3v) is 3.72. The van der Waals surface area contributed by atoms with E-state index in [1.807, 2.05) is 0 Å². The minimum absolute atomic E-state index is 0.0648. The van der Waals surface area contributed by atoms with Gasteiger partial charge in [-0.2, -0.15) is 0 Å². The first-order chi connectivity index (χ1) is 10.1. The van der Waals surface area contributed by atoms with E-state index in [1.165, 1.54) is 13.1 Å². The number of nitro benzene ring substituents is 1. The second-order valence-electron chi connectivity index (χ2n) is 5.14. The summed E-state index contributed by atoms with van der Waals surface area (Å²) in [5.41, 5.74) is 0.688. The van der Waals surface area contributed by atoms with E-state index in [1.54, 1.807) is 12.1 Å². The van der Waals surface area contributed by atoms with Crippen molar-refractivity contribution < 1.29 is 9.72 Å². The Bertz CT molecular complexity index is 527. The van der Waals surface area contributed by atoms with Gasteiger partial charge in [0.2, 0.25) is 0 Å². The molecule has 1 amide bonds. The molecule has 0 saturated carbocycles. The Morgan fingerprint density at radius 2 is 2.14 bits per heavy atom. The van der Waals surface area contributed by atoms with E-state index < -0.39 is 4.92 Å². The topological polar surface area (TPSA) is 96.3 Å². The minimum atomic E-state index is -0.461. The predicted octanol–water partition coefficient (Wildman–Crippen LogP) is 1.37. The molecular formula is C14H20N4O3. The highest BCUT2D eigenvalue weighted by atomic mass is 16.6. The zero-order chi connectivity index (χ0) is 15.2. The van der Waals surface area contributed by atoms with Crippen molar-refractivity contribution >= 4 is 17.3 Å². The Morgan fingerprint density at radius 3 is 2.76 bits per heavy atom. The first kappa shape index (κ1) is 15.2. The SMILES string of the molecule is CNC(=O)c1ccc(NCC2CCNCC2)c([N+](=O)[O-])c1. The van der Waals surface area contributed by atoms with Crippen LogP contribution >= 0.6 is 0 Å². The molecule has 0 unspecified atom stereocenters. The molecule has 114 valence electrons. The van der Waals surface area contributed by atoms with Crippen LogP contribution in [0.4, 0.5) is 11.4 Å². The van der Waals surface area contributed by atoms with Crippen LogP contribution in [0.1, 0.15) is 23.2 Å². The first-order valence-corrected chi connectivity index (χ1v) is 7.07. The third-order valence-electron chi connectivity index (χ3n) is 3.72. The molecule has 0 bridgehead atoms. The van der Waals surface area contributed by atoms with Crippen LogP contribution in [0.2, 0.25) is 0 Å². The highest BCUT2D eigenvalue weighted by Gasteiger charge is 2.19. The molecule has 1 aromatic carbocycles. The number of rotatable bonds is 5. The van der Waals surface area contributed by atoms with Crippen molar-refractivity contribution in [2.75, 3.05) is 32.0 Å². The Labute approximate surface area is 123 Å². The molecule has 1 fully saturated rings. The fourth-order valence-corrected chi connectivity index (χ4v) is 2.46. The van der Waals surface area contributed by atoms with Gasteiger partial charge in [-0.05, 0) is 44.0 Å². The quantitative estimate of drug-likeness (QED) is 0.562. The van der Waals surface area contributed by atoms with E-state index in [2.05, 4.69) is 16.0 Å². The van der Waals surface area contributed by atoms with E-state index in [0.29, 0.717) is 18.2 Å². The van der Waals surface area contributed by atoms with Crippen molar-refractivity contribution in [2.45, 2.75) is 12.8 Å². The van der Waals surface area contributed by atoms with Gasteiger partial charge in [0, 0.05) is 25.2 Å². The van der Waals surface area contributed by atoms with Crippen molar-refractivity contribution in [3.8, 4) is 0 Å². The number of nitro groups is 1. The highest BCUT2D eigenvalue weighted by Crippen LogP contribution is 2.26. The van der Waals surface area contributed by atoms with E-state index in [4.69, 9.17) is 0 Å². The zero-order valence-electron chi connectivity index (χ0n) is 12.0. The molecule has 1 saturated heterocycles. The summed E-state index contributed by atoms with van der Waals surface area (Å²) in [6.07, 6.45) is 2.13. The maximum atomic E-state index is 11.5. The van der Waals surface area contributed by atoms with Gasteiger partial charge in [0.15, 0.2) is 0 Å². The third kappa shape index (κ3) is 3.91. The van der Waals surface area contributed by atoms with Crippen molar-refractivity contribution in [1.29, 1.82) is 0 Å². The van der Waals surface area contributed by atoms with Gasteiger partial charge >= 0.3 is 0 Å². The molecule has 0 aromatic heterocycles. The Morgan fingerprint density at radius 1 is 1.43 bits per heavy atom. The number of piperidine rings is 1. The maximum Gasteiger partial charge on any atom is 0.293 e. The average Bonchev–Trinajstić information content (AvgIpc) is 2.52. The number of nitrogens with one attached hydrogen (secondary N) is 3. The van der Waals surface area contributed by atoms with Gasteiger partial charge in [-0.3, -0.25) is 14.9 Å². The lowest BCUT2D eigenvalue weighted by Gasteiger charge is -2.23. The van der Waals surface area contributed by atoms with Gasteiger partial charge in [0.25, 0.3) is 11.6 Å².